The number of fused-ring (bicyclic) bond motifs is 13. The molecule has 0 atom stereocenters. The van der Waals surface area contributed by atoms with Crippen LogP contribution >= 0.6 is 0 Å². The van der Waals surface area contributed by atoms with Gasteiger partial charge in [-0.1, -0.05) is 189 Å². The number of hydrogen-bond acceptors (Lipinski definition) is 0. The van der Waals surface area contributed by atoms with Gasteiger partial charge in [-0.2, -0.15) is 0 Å². The lowest BCUT2D eigenvalue weighted by molar-refractivity contribution is 0.353. The molecule has 12 aromatic rings. The van der Waals surface area contributed by atoms with Crippen molar-refractivity contribution in [1.82, 2.24) is 9.13 Å². The van der Waals surface area contributed by atoms with Crippen LogP contribution in [-0.2, 0) is 5.41 Å². The average molecular weight is 869 g/mol. The van der Waals surface area contributed by atoms with E-state index < -0.39 is 0 Å². The summed E-state index contributed by atoms with van der Waals surface area (Å²) in [5.41, 5.74) is 18.1. The quantitative estimate of drug-likeness (QED) is 0.147. The molecule has 0 radical (unpaired) electrons. The lowest BCUT2D eigenvalue weighted by Gasteiger charge is -2.36. The van der Waals surface area contributed by atoms with Gasteiger partial charge in [0.05, 0.1) is 22.1 Å². The van der Waals surface area contributed by atoms with Crippen molar-refractivity contribution in [3.63, 3.8) is 0 Å². The average Bonchev–Trinajstić information content (AvgIpc) is 4.00. The molecule has 0 saturated heterocycles. The van der Waals surface area contributed by atoms with Crippen LogP contribution in [0.4, 0.5) is 0 Å². The van der Waals surface area contributed by atoms with Gasteiger partial charge in [0, 0.05) is 38.3 Å². The van der Waals surface area contributed by atoms with E-state index in [9.17, 15) is 0 Å². The third kappa shape index (κ3) is 6.17. The minimum atomic E-state index is 0.0453. The number of nitrogens with zero attached hydrogens (tertiary/aromatic N) is 2. The molecule has 2 aliphatic carbocycles. The fourth-order valence-electron chi connectivity index (χ4n) is 12.2. The summed E-state index contributed by atoms with van der Waals surface area (Å²) in [5, 5.41) is 10.1. The van der Waals surface area contributed by atoms with Crippen LogP contribution in [0.25, 0.3) is 112 Å². The molecule has 322 valence electrons. The van der Waals surface area contributed by atoms with Gasteiger partial charge in [0.1, 0.15) is 0 Å². The van der Waals surface area contributed by atoms with Gasteiger partial charge in [-0.3, -0.25) is 0 Å². The molecule has 2 aliphatic rings. The number of para-hydroxylation sites is 2. The maximum atomic E-state index is 2.51. The van der Waals surface area contributed by atoms with Crippen molar-refractivity contribution in [3.8, 4) is 22.5 Å². The molecule has 0 N–H and O–H groups in total. The first-order valence-electron chi connectivity index (χ1n) is 24.4. The highest BCUT2D eigenvalue weighted by molar-refractivity contribution is 6.11. The van der Waals surface area contributed by atoms with Crippen LogP contribution in [-0.4, -0.2) is 9.13 Å². The lowest BCUT2D eigenvalue weighted by Crippen LogP contribution is -2.28. The molecular formula is C66H48N2. The second-order valence-electron chi connectivity index (χ2n) is 19.2. The van der Waals surface area contributed by atoms with Crippen LogP contribution in [0.5, 0.6) is 0 Å². The Balaban J connectivity index is 0.780. The largest absolute Gasteiger partial charge is 0.309 e. The van der Waals surface area contributed by atoms with Crippen LogP contribution in [0.2, 0.25) is 0 Å². The summed E-state index contributed by atoms with van der Waals surface area (Å²) in [4.78, 5) is 0. The summed E-state index contributed by atoms with van der Waals surface area (Å²) in [7, 11) is 0. The molecule has 2 nitrogen and oxygen atoms in total. The number of aromatic nitrogens is 2. The zero-order valence-electron chi connectivity index (χ0n) is 37.9. The predicted octanol–water partition coefficient (Wildman–Crippen LogP) is 17.8. The smallest absolute Gasteiger partial charge is 0.0541 e. The molecule has 1 spiro atoms. The first-order chi connectivity index (χ1) is 33.6. The van der Waals surface area contributed by atoms with Gasteiger partial charge in [-0.15, -0.1) is 0 Å². The van der Waals surface area contributed by atoms with Crippen molar-refractivity contribution >= 4 is 89.5 Å². The first-order valence-corrected chi connectivity index (χ1v) is 24.4. The Morgan fingerprint density at radius 3 is 1.19 bits per heavy atom. The highest BCUT2D eigenvalue weighted by Gasteiger charge is 2.43. The van der Waals surface area contributed by atoms with E-state index in [0.717, 1.165) is 0 Å². The normalized spacial score (nSPS) is 14.5. The van der Waals surface area contributed by atoms with Crippen molar-refractivity contribution in [2.24, 2.45) is 0 Å². The Morgan fingerprint density at radius 2 is 0.706 bits per heavy atom. The topological polar surface area (TPSA) is 9.86 Å². The molecule has 2 aromatic heterocycles. The van der Waals surface area contributed by atoms with E-state index in [1.165, 1.54) is 153 Å². The summed E-state index contributed by atoms with van der Waals surface area (Å²) in [6.07, 6.45) is 15.5. The second kappa shape index (κ2) is 15.4. The van der Waals surface area contributed by atoms with Crippen LogP contribution in [0.15, 0.2) is 206 Å². The number of hydrogen-bond donors (Lipinski definition) is 0. The maximum absolute atomic E-state index is 2.51. The summed E-state index contributed by atoms with van der Waals surface area (Å²) < 4.78 is 4.83. The van der Waals surface area contributed by atoms with Crippen molar-refractivity contribution in [2.45, 2.75) is 37.5 Å². The summed E-state index contributed by atoms with van der Waals surface area (Å²) in [6.45, 7) is 0. The molecule has 14 rings (SSSR count). The lowest BCUT2D eigenvalue weighted by atomic mass is 9.67. The fraction of sp³-hybridized carbons (Fsp3) is 0.0909. The molecule has 2 heterocycles. The minimum Gasteiger partial charge on any atom is -0.309 e. The van der Waals surface area contributed by atoms with Crippen molar-refractivity contribution in [1.29, 1.82) is 0 Å². The van der Waals surface area contributed by atoms with E-state index in [1.54, 1.807) is 0 Å². The molecule has 10 aromatic carbocycles. The van der Waals surface area contributed by atoms with E-state index in [0.29, 0.717) is 0 Å². The molecule has 0 unspecified atom stereocenters. The van der Waals surface area contributed by atoms with Crippen molar-refractivity contribution < 1.29 is 0 Å². The predicted molar refractivity (Wildman–Crippen MR) is 290 cm³/mol. The standard InChI is InChI=1S/C66H48N2/c1-10-36-66(37-11-1)60-40-46(22-20-44-26-34-64-58(38-44)56-16-6-8-18-62(56)67(64)52-30-28-48-12-2-4-14-50(48)42-52)24-32-54(60)55-33-25-47(41-61(55)66)23-21-45-27-35-65-59(39-45)57-17-7-9-19-63(57)68(65)53-31-29-49-13-3-5-15-51(49)43-53/h2-9,12-35,38-43H,1,10-11,36-37H2/b22-20+,23-21+. The first kappa shape index (κ1) is 39.0. The van der Waals surface area contributed by atoms with Crippen molar-refractivity contribution in [2.75, 3.05) is 0 Å². The summed E-state index contributed by atoms with van der Waals surface area (Å²) in [6, 6.07) is 76.8. The molecule has 0 amide bonds. The fourth-order valence-corrected chi connectivity index (χ4v) is 12.2. The van der Waals surface area contributed by atoms with Gasteiger partial charge in [-0.05, 0) is 140 Å². The Labute approximate surface area is 396 Å². The highest BCUT2D eigenvalue weighted by Crippen LogP contribution is 2.56. The monoisotopic (exact) mass is 868 g/mol. The molecule has 2 heteroatoms. The van der Waals surface area contributed by atoms with Crippen LogP contribution < -0.4 is 0 Å². The molecule has 68 heavy (non-hydrogen) atoms. The SMILES string of the molecule is C(=C\c1ccc2c(c1)c1ccccc1n2-c1ccc2ccccc2c1)/c1ccc2c(c1)C1(CCCCC1)c1cc(/C=C/c3ccc4c(c3)c3ccccc3n4-c3ccc4ccccc4c3)ccc1-2. The van der Waals surface area contributed by atoms with Gasteiger partial charge < -0.3 is 9.13 Å². The number of benzene rings is 10. The third-order valence-electron chi connectivity index (χ3n) is 15.4. The van der Waals surface area contributed by atoms with E-state index in [-0.39, 0.29) is 5.41 Å². The third-order valence-corrected chi connectivity index (χ3v) is 15.4. The Bertz CT molecular complexity index is 3810. The van der Waals surface area contributed by atoms with Crippen LogP contribution in [0.3, 0.4) is 0 Å². The zero-order chi connectivity index (χ0) is 44.8. The summed E-state index contributed by atoms with van der Waals surface area (Å²) in [5.74, 6) is 0. The summed E-state index contributed by atoms with van der Waals surface area (Å²) >= 11 is 0. The zero-order valence-corrected chi connectivity index (χ0v) is 37.9. The Kier molecular flexibility index (Phi) is 8.86. The molecule has 1 saturated carbocycles. The minimum absolute atomic E-state index is 0.0453. The maximum Gasteiger partial charge on any atom is 0.0541 e. The van der Waals surface area contributed by atoms with E-state index in [2.05, 4.69) is 240 Å². The van der Waals surface area contributed by atoms with Gasteiger partial charge in [0.15, 0.2) is 0 Å². The molecule has 0 aliphatic heterocycles. The van der Waals surface area contributed by atoms with Crippen LogP contribution in [0, 0.1) is 0 Å². The van der Waals surface area contributed by atoms with Gasteiger partial charge in [-0.25, -0.2) is 0 Å². The van der Waals surface area contributed by atoms with Gasteiger partial charge >= 0.3 is 0 Å². The van der Waals surface area contributed by atoms with E-state index in [4.69, 9.17) is 0 Å². The Hall–Kier alpha value is -8.20. The Morgan fingerprint density at radius 1 is 0.309 bits per heavy atom. The van der Waals surface area contributed by atoms with Crippen molar-refractivity contribution in [3.05, 3.63) is 240 Å². The number of rotatable bonds is 6. The highest BCUT2D eigenvalue weighted by atomic mass is 15.0. The van der Waals surface area contributed by atoms with Crippen LogP contribution in [0.1, 0.15) is 65.5 Å². The van der Waals surface area contributed by atoms with Gasteiger partial charge in [0.25, 0.3) is 0 Å². The molecule has 0 bridgehead atoms. The molecular weight excluding hydrogens is 821 g/mol. The van der Waals surface area contributed by atoms with E-state index in [1.807, 2.05) is 0 Å². The second-order valence-corrected chi connectivity index (χ2v) is 19.2. The van der Waals surface area contributed by atoms with E-state index >= 15 is 0 Å². The van der Waals surface area contributed by atoms with Gasteiger partial charge in [0.2, 0.25) is 0 Å². The molecule has 1 fully saturated rings.